The lowest BCUT2D eigenvalue weighted by atomic mass is 9.87. The number of thiazole rings is 1. The first-order chi connectivity index (χ1) is 9.01. The number of carbonyl (C=O) groups is 1. The molecule has 1 aromatic heterocycles. The molecule has 1 heterocycles. The fourth-order valence-corrected chi connectivity index (χ4v) is 3.32. The molecule has 0 amide bonds. The SMILES string of the molecule is CCOC(=O)Cc1csc(NC2CCCC2(C)C)n1. The van der Waals surface area contributed by atoms with E-state index in [9.17, 15) is 4.79 Å². The van der Waals surface area contributed by atoms with Crippen LogP contribution in [0.5, 0.6) is 0 Å². The van der Waals surface area contributed by atoms with Crippen molar-refractivity contribution in [2.24, 2.45) is 5.41 Å². The third-order valence-electron chi connectivity index (χ3n) is 3.74. The van der Waals surface area contributed by atoms with Crippen LogP contribution in [0.1, 0.15) is 45.7 Å². The zero-order chi connectivity index (χ0) is 13.9. The normalized spacial score (nSPS) is 21.3. The van der Waals surface area contributed by atoms with Gasteiger partial charge in [0.1, 0.15) is 0 Å². The molecule has 0 saturated heterocycles. The van der Waals surface area contributed by atoms with Gasteiger partial charge in [0.2, 0.25) is 0 Å². The summed E-state index contributed by atoms with van der Waals surface area (Å²) in [5, 5.41) is 6.36. The second-order valence-corrected chi connectivity index (χ2v) is 6.56. The van der Waals surface area contributed by atoms with E-state index >= 15 is 0 Å². The number of hydrogen-bond donors (Lipinski definition) is 1. The van der Waals surface area contributed by atoms with Gasteiger partial charge in [0.25, 0.3) is 0 Å². The van der Waals surface area contributed by atoms with E-state index in [2.05, 4.69) is 24.1 Å². The molecule has 1 atom stereocenters. The largest absolute Gasteiger partial charge is 0.466 e. The number of hydrogen-bond acceptors (Lipinski definition) is 5. The molecule has 2 rings (SSSR count). The molecule has 1 N–H and O–H groups in total. The second-order valence-electron chi connectivity index (χ2n) is 5.70. The fraction of sp³-hybridized carbons (Fsp3) is 0.714. The number of rotatable bonds is 5. The minimum absolute atomic E-state index is 0.208. The van der Waals surface area contributed by atoms with Gasteiger partial charge in [-0.1, -0.05) is 20.3 Å². The lowest BCUT2D eigenvalue weighted by Gasteiger charge is -2.27. The van der Waals surface area contributed by atoms with E-state index in [1.165, 1.54) is 19.3 Å². The van der Waals surface area contributed by atoms with Crippen LogP contribution < -0.4 is 5.32 Å². The third kappa shape index (κ3) is 3.69. The molecule has 0 spiro atoms. The van der Waals surface area contributed by atoms with Crippen LogP contribution in [0.25, 0.3) is 0 Å². The Bertz CT molecular complexity index is 442. The van der Waals surface area contributed by atoms with Gasteiger partial charge in [0, 0.05) is 11.4 Å². The van der Waals surface area contributed by atoms with Gasteiger partial charge in [0.15, 0.2) is 5.13 Å². The topological polar surface area (TPSA) is 51.2 Å². The van der Waals surface area contributed by atoms with Crippen molar-refractivity contribution in [1.29, 1.82) is 0 Å². The molecule has 0 aromatic carbocycles. The minimum atomic E-state index is -0.208. The number of nitrogens with zero attached hydrogens (tertiary/aromatic N) is 1. The summed E-state index contributed by atoms with van der Waals surface area (Å²) in [5.74, 6) is -0.208. The van der Waals surface area contributed by atoms with Crippen LogP contribution in [-0.2, 0) is 16.0 Å². The Kier molecular flexibility index (Phi) is 4.45. The smallest absolute Gasteiger partial charge is 0.311 e. The molecule has 1 fully saturated rings. The van der Waals surface area contributed by atoms with Crippen molar-refractivity contribution < 1.29 is 9.53 Å². The maximum atomic E-state index is 11.4. The Labute approximate surface area is 118 Å². The van der Waals surface area contributed by atoms with E-state index in [0.29, 0.717) is 18.1 Å². The molecule has 106 valence electrons. The molecule has 1 aliphatic carbocycles. The molecule has 0 aliphatic heterocycles. The number of nitrogens with one attached hydrogen (secondary N) is 1. The Hall–Kier alpha value is -1.10. The summed E-state index contributed by atoms with van der Waals surface area (Å²) >= 11 is 1.57. The first-order valence-corrected chi connectivity index (χ1v) is 7.76. The molecule has 1 aliphatic rings. The van der Waals surface area contributed by atoms with Gasteiger partial charge < -0.3 is 10.1 Å². The van der Waals surface area contributed by atoms with Crippen molar-refractivity contribution >= 4 is 22.4 Å². The van der Waals surface area contributed by atoms with Gasteiger partial charge in [-0.05, 0) is 25.2 Å². The summed E-state index contributed by atoms with van der Waals surface area (Å²) in [6.07, 6.45) is 3.98. The number of aromatic nitrogens is 1. The van der Waals surface area contributed by atoms with Crippen molar-refractivity contribution in [2.45, 2.75) is 52.5 Å². The number of ether oxygens (including phenoxy) is 1. The summed E-state index contributed by atoms with van der Waals surface area (Å²) in [4.78, 5) is 15.9. The van der Waals surface area contributed by atoms with Crippen LogP contribution in [0, 0.1) is 5.41 Å². The number of anilines is 1. The molecule has 1 saturated carbocycles. The average Bonchev–Trinajstić information content (AvgIpc) is 2.88. The van der Waals surface area contributed by atoms with E-state index in [1.54, 1.807) is 11.3 Å². The van der Waals surface area contributed by atoms with Gasteiger partial charge in [-0.25, -0.2) is 4.98 Å². The molecule has 0 radical (unpaired) electrons. The summed E-state index contributed by atoms with van der Waals surface area (Å²) in [6, 6.07) is 0.481. The van der Waals surface area contributed by atoms with Crippen LogP contribution in [0.3, 0.4) is 0 Å². The highest BCUT2D eigenvalue weighted by molar-refractivity contribution is 7.13. The Morgan fingerprint density at radius 2 is 2.42 bits per heavy atom. The quantitative estimate of drug-likeness (QED) is 0.842. The van der Waals surface area contributed by atoms with E-state index in [1.807, 2.05) is 12.3 Å². The third-order valence-corrected chi connectivity index (χ3v) is 4.56. The average molecular weight is 282 g/mol. The van der Waals surface area contributed by atoms with Crippen molar-refractivity contribution in [3.05, 3.63) is 11.1 Å². The Morgan fingerprint density at radius 1 is 1.63 bits per heavy atom. The highest BCUT2D eigenvalue weighted by Crippen LogP contribution is 2.39. The maximum Gasteiger partial charge on any atom is 0.311 e. The van der Waals surface area contributed by atoms with Crippen molar-refractivity contribution in [3.63, 3.8) is 0 Å². The fourth-order valence-electron chi connectivity index (χ4n) is 2.56. The van der Waals surface area contributed by atoms with E-state index in [-0.39, 0.29) is 12.4 Å². The zero-order valence-corrected chi connectivity index (χ0v) is 12.7. The first-order valence-electron chi connectivity index (χ1n) is 6.88. The van der Waals surface area contributed by atoms with E-state index in [0.717, 1.165) is 10.8 Å². The molecular weight excluding hydrogens is 260 g/mol. The van der Waals surface area contributed by atoms with E-state index in [4.69, 9.17) is 4.74 Å². The lowest BCUT2D eigenvalue weighted by molar-refractivity contribution is -0.142. The van der Waals surface area contributed by atoms with Crippen molar-refractivity contribution in [3.8, 4) is 0 Å². The summed E-state index contributed by atoms with van der Waals surface area (Å²) < 4.78 is 4.93. The highest BCUT2D eigenvalue weighted by Gasteiger charge is 2.34. The lowest BCUT2D eigenvalue weighted by Crippen LogP contribution is -2.30. The van der Waals surface area contributed by atoms with Crippen LogP contribution >= 0.6 is 11.3 Å². The highest BCUT2D eigenvalue weighted by atomic mass is 32.1. The standard InChI is InChI=1S/C14H22N2O2S/c1-4-18-12(17)8-10-9-19-13(15-10)16-11-6-5-7-14(11,2)3/h9,11H,4-8H2,1-3H3,(H,15,16). The van der Waals surface area contributed by atoms with Crippen LogP contribution in [0.15, 0.2) is 5.38 Å². The summed E-state index contributed by atoms with van der Waals surface area (Å²) in [7, 11) is 0. The molecular formula is C14H22N2O2S. The van der Waals surface area contributed by atoms with Crippen molar-refractivity contribution in [2.75, 3.05) is 11.9 Å². The predicted octanol–water partition coefficient (Wildman–Crippen LogP) is 3.24. The number of esters is 1. The van der Waals surface area contributed by atoms with Crippen LogP contribution in [-0.4, -0.2) is 23.6 Å². The van der Waals surface area contributed by atoms with Gasteiger partial charge in [0.05, 0.1) is 18.7 Å². The number of carbonyl (C=O) groups excluding carboxylic acids is 1. The summed E-state index contributed by atoms with van der Waals surface area (Å²) in [5.41, 5.74) is 1.12. The maximum absolute atomic E-state index is 11.4. The Morgan fingerprint density at radius 3 is 3.05 bits per heavy atom. The van der Waals surface area contributed by atoms with Crippen molar-refractivity contribution in [1.82, 2.24) is 4.98 Å². The molecule has 4 nitrogen and oxygen atoms in total. The Balaban J connectivity index is 1.92. The molecule has 1 aromatic rings. The molecule has 0 bridgehead atoms. The van der Waals surface area contributed by atoms with Gasteiger partial charge >= 0.3 is 5.97 Å². The predicted molar refractivity (Wildman–Crippen MR) is 77.5 cm³/mol. The molecule has 5 heteroatoms. The zero-order valence-electron chi connectivity index (χ0n) is 11.9. The van der Waals surface area contributed by atoms with Crippen LogP contribution in [0.4, 0.5) is 5.13 Å². The monoisotopic (exact) mass is 282 g/mol. The van der Waals surface area contributed by atoms with Crippen LogP contribution in [0.2, 0.25) is 0 Å². The summed E-state index contributed by atoms with van der Waals surface area (Å²) in [6.45, 7) is 6.83. The minimum Gasteiger partial charge on any atom is -0.466 e. The molecule has 19 heavy (non-hydrogen) atoms. The van der Waals surface area contributed by atoms with Gasteiger partial charge in [-0.2, -0.15) is 0 Å². The molecule has 1 unspecified atom stereocenters. The first kappa shape index (κ1) is 14.3. The second kappa shape index (κ2) is 5.90. The van der Waals surface area contributed by atoms with E-state index < -0.39 is 0 Å². The van der Waals surface area contributed by atoms with Gasteiger partial charge in [-0.3, -0.25) is 4.79 Å². The van der Waals surface area contributed by atoms with Gasteiger partial charge in [-0.15, -0.1) is 11.3 Å².